The van der Waals surface area contributed by atoms with Crippen LogP contribution in [0.4, 0.5) is 22.7 Å². The first-order valence-corrected chi connectivity index (χ1v) is 40.8. The molecule has 0 spiro atoms. The van der Waals surface area contributed by atoms with Gasteiger partial charge in [0.25, 0.3) is 0 Å². The molecule has 2 aliphatic heterocycles. The van der Waals surface area contributed by atoms with Crippen LogP contribution in [0.15, 0.2) is 170 Å². The lowest BCUT2D eigenvalue weighted by Crippen LogP contribution is -2.34. The summed E-state index contributed by atoms with van der Waals surface area (Å²) in [5, 5.41) is 2.65. The molecule has 28 nitrogen and oxygen atoms in total. The van der Waals surface area contributed by atoms with Gasteiger partial charge in [0.1, 0.15) is 144 Å². The molecule has 5 heterocycles. The van der Waals surface area contributed by atoms with E-state index in [1.807, 2.05) is 121 Å². The molecule has 8 aromatic carbocycles. The Morgan fingerprint density at radius 3 is 0.742 bits per heavy atom. The van der Waals surface area contributed by atoms with E-state index < -0.39 is 0 Å². The zero-order valence-electron chi connectivity index (χ0n) is 71.1. The first-order valence-electron chi connectivity index (χ1n) is 40.8. The lowest BCUT2D eigenvalue weighted by molar-refractivity contribution is 0.0274. The number of quaternary nitrogens is 4. The number of H-pyrrole nitrogens is 2. The molecule has 0 radical (unpaired) electrons. The minimum atomic E-state index is 0.199. The molecular weight excluding hydrogens is 1530 g/mol. The number of hydrogen-bond donors (Lipinski definition) is 2. The van der Waals surface area contributed by atoms with Crippen molar-refractivity contribution in [3.8, 4) is 91.5 Å². The third-order valence-electron chi connectivity index (χ3n) is 19.6. The Kier molecular flexibility index (Phi) is 29.9. The second kappa shape index (κ2) is 41.3. The van der Waals surface area contributed by atoms with Gasteiger partial charge in [-0.2, -0.15) is 0 Å². The Hall–Kier alpha value is -11.0. The summed E-state index contributed by atoms with van der Waals surface area (Å²) in [5.74, 6) is 6.59. The zero-order chi connectivity index (χ0) is 83.9. The summed E-state index contributed by atoms with van der Waals surface area (Å²) in [5.41, 5.74) is 8.78. The third-order valence-corrected chi connectivity index (χ3v) is 19.6. The summed E-state index contributed by atoms with van der Waals surface area (Å²) in [7, 11) is 25.5. The van der Waals surface area contributed by atoms with E-state index in [1.165, 1.54) is 0 Å². The van der Waals surface area contributed by atoms with Crippen molar-refractivity contribution in [3.05, 3.63) is 170 Å². The number of benzene rings is 8. The summed E-state index contributed by atoms with van der Waals surface area (Å²) in [4.78, 5) is 39.5. The van der Waals surface area contributed by atoms with E-state index in [1.54, 1.807) is 0 Å². The maximum atomic E-state index is 6.66. The van der Waals surface area contributed by atoms with Crippen LogP contribution in [-0.4, -0.2) is 283 Å². The fourth-order valence-corrected chi connectivity index (χ4v) is 13.3. The highest BCUT2D eigenvalue weighted by Crippen LogP contribution is 2.45. The summed E-state index contributed by atoms with van der Waals surface area (Å²) in [6.07, 6.45) is 0. The van der Waals surface area contributed by atoms with Gasteiger partial charge in [-0.15, -0.1) is 0 Å². The highest BCUT2D eigenvalue weighted by Gasteiger charge is 2.29. The quantitative estimate of drug-likeness (QED) is 0.0265. The molecule has 0 amide bonds. The molecule has 0 fully saturated rings. The molecular formula is C92H114N12O16+4. The van der Waals surface area contributed by atoms with Gasteiger partial charge in [0, 0.05) is 46.2 Å². The van der Waals surface area contributed by atoms with Crippen LogP contribution in [0.5, 0.6) is 46.0 Å². The molecule has 2 N–H and O–H groups in total. The standard InChI is InChI=1S/C92H114N12O16/c1-101(2,3)65-21-13-25-69(61-65)113-53-45-105-37-41-109-49-57-117-77-33-17-29-73-81(77)89-93-85(73)98-90-83-75(31-19-35-79(83)119-59-51-111-43-39-107-47-55-115-71-27-15-23-67(63-71)103(7,8)9)87(95-90)100-92-84-76(32-20-36-80(84)120-60-52-112-44-40-108-48-56-116-72-28-16-24-68(64-72)104(10,11)12)88(96-92)99-91-82-74(86(94-91)97-89)30-18-34-78(82)118-58-50-110-42-38-106-46-54-114-70-26-14-22-66(62-70)102(4,5)6/h13-36,61-64H,37-60H2,1-12H3,(H2,93,94,95,96,97,98,99,100)/q+4. The minimum absolute atomic E-state index is 0.199. The van der Waals surface area contributed by atoms with Gasteiger partial charge < -0.3 is 85.8 Å². The van der Waals surface area contributed by atoms with Crippen molar-refractivity contribution in [3.63, 3.8) is 0 Å². The highest BCUT2D eigenvalue weighted by atomic mass is 16.6. The summed E-state index contributed by atoms with van der Waals surface area (Å²) >= 11 is 0. The predicted octanol–water partition coefficient (Wildman–Crippen LogP) is 13.6. The number of aromatic nitrogens is 8. The molecule has 634 valence electrons. The molecule has 28 heteroatoms. The van der Waals surface area contributed by atoms with E-state index in [0.29, 0.717) is 236 Å². The van der Waals surface area contributed by atoms with Crippen molar-refractivity contribution in [2.24, 2.45) is 0 Å². The number of fused-ring (bicyclic) bond motifs is 20. The van der Waals surface area contributed by atoms with E-state index in [4.69, 9.17) is 106 Å². The Bertz CT molecular complexity index is 5060. The molecule has 2 aliphatic rings. The Morgan fingerprint density at radius 1 is 0.225 bits per heavy atom. The van der Waals surface area contributed by atoms with Crippen LogP contribution >= 0.6 is 0 Å². The predicted molar refractivity (Wildman–Crippen MR) is 471 cm³/mol. The van der Waals surface area contributed by atoms with Crippen LogP contribution < -0.4 is 55.8 Å². The maximum Gasteiger partial charge on any atom is 0.168 e. The highest BCUT2D eigenvalue weighted by molar-refractivity contribution is 6.10. The molecule has 0 unspecified atom stereocenters. The van der Waals surface area contributed by atoms with E-state index in [0.717, 1.165) is 45.7 Å². The lowest BCUT2D eigenvalue weighted by atomic mass is 10.1. The van der Waals surface area contributed by atoms with E-state index in [9.17, 15) is 0 Å². The number of nitrogens with zero attached hydrogens (tertiary/aromatic N) is 10. The first-order chi connectivity index (χ1) is 58.1. The van der Waals surface area contributed by atoms with Crippen molar-refractivity contribution in [1.29, 1.82) is 0 Å². The number of rotatable bonds is 48. The van der Waals surface area contributed by atoms with Gasteiger partial charge in [-0.1, -0.05) is 72.8 Å². The molecule has 13 rings (SSSR count). The van der Waals surface area contributed by atoms with E-state index >= 15 is 0 Å². The molecule has 3 aromatic heterocycles. The summed E-state index contributed by atoms with van der Waals surface area (Å²) in [6, 6.07) is 55.5. The monoisotopic (exact) mass is 1640 g/mol. The van der Waals surface area contributed by atoms with Gasteiger partial charge in [-0.3, -0.25) is 17.9 Å². The van der Waals surface area contributed by atoms with Crippen LogP contribution in [-0.2, 0) is 37.9 Å². The summed E-state index contributed by atoms with van der Waals surface area (Å²) in [6.45, 7) is 7.97. The van der Waals surface area contributed by atoms with Gasteiger partial charge in [-0.25, -0.2) is 29.9 Å². The smallest absolute Gasteiger partial charge is 0.168 e. The van der Waals surface area contributed by atoms with E-state index in [2.05, 4.69) is 143 Å². The molecule has 8 bridgehead atoms. The second-order valence-electron chi connectivity index (χ2n) is 32.1. The van der Waals surface area contributed by atoms with Crippen LogP contribution in [0, 0.1) is 0 Å². The van der Waals surface area contributed by atoms with Crippen molar-refractivity contribution in [2.75, 3.05) is 243 Å². The maximum absolute atomic E-state index is 6.66. The average molecular weight is 1640 g/mol. The zero-order valence-corrected chi connectivity index (χ0v) is 71.1. The SMILES string of the molecule is C[N+](C)(C)c1cccc(OCCOCCOCCOc2cccc3c2-c2nc-3nc3[nH]c(nc4nc(nc5[nH]c(n2)c2cccc(OCCOCCOCCOc6cccc([N+](C)(C)C)c6)c52)-c2cccc(OCCOCCOCCOc5cccc([N+](C)(C)C)c5)c2-4)c2cccc(OCCOCCOCCOc4cccc([N+](C)(C)C)c4)c32)c1. The van der Waals surface area contributed by atoms with Crippen molar-refractivity contribution in [1.82, 2.24) is 57.8 Å². The number of ether oxygens (including phenoxy) is 16. The third kappa shape index (κ3) is 23.8. The van der Waals surface area contributed by atoms with Crippen LogP contribution in [0.1, 0.15) is 0 Å². The Balaban J connectivity index is 0.771. The van der Waals surface area contributed by atoms with Crippen LogP contribution in [0.2, 0.25) is 0 Å². The number of nitrogens with one attached hydrogen (secondary N) is 2. The fourth-order valence-electron chi connectivity index (χ4n) is 13.3. The average Bonchev–Trinajstić information content (AvgIpc) is 1.59. The molecule has 0 saturated carbocycles. The molecule has 0 saturated heterocycles. The Labute approximate surface area is 701 Å². The second-order valence-corrected chi connectivity index (χ2v) is 32.1. The van der Waals surface area contributed by atoms with Gasteiger partial charge in [0.15, 0.2) is 23.3 Å². The molecule has 11 aromatic rings. The molecule has 120 heavy (non-hydrogen) atoms. The first kappa shape index (κ1) is 86.9. The largest absolute Gasteiger partial charge is 0.491 e. The van der Waals surface area contributed by atoms with Crippen LogP contribution in [0.25, 0.3) is 89.7 Å². The van der Waals surface area contributed by atoms with Crippen molar-refractivity contribution >= 4 is 66.9 Å². The van der Waals surface area contributed by atoms with Gasteiger partial charge in [0.2, 0.25) is 0 Å². The number of aromatic amines is 2. The van der Waals surface area contributed by atoms with Gasteiger partial charge in [0.05, 0.1) is 212 Å². The summed E-state index contributed by atoms with van der Waals surface area (Å²) < 4.78 is 101. The van der Waals surface area contributed by atoms with Gasteiger partial charge in [-0.05, 0) is 72.8 Å². The van der Waals surface area contributed by atoms with Crippen molar-refractivity contribution < 1.29 is 75.8 Å². The minimum Gasteiger partial charge on any atom is -0.491 e. The topological polar surface area (TPSA) is 257 Å². The fraction of sp³-hybridized carbons (Fsp3) is 0.391. The number of hydrogen-bond acceptors (Lipinski definition) is 22. The van der Waals surface area contributed by atoms with Crippen LogP contribution in [0.3, 0.4) is 0 Å². The normalized spacial score (nSPS) is 12.2. The van der Waals surface area contributed by atoms with E-state index in [-0.39, 0.29) is 52.9 Å². The van der Waals surface area contributed by atoms with Crippen molar-refractivity contribution in [2.45, 2.75) is 0 Å². The Morgan fingerprint density at radius 2 is 0.458 bits per heavy atom. The lowest BCUT2D eigenvalue weighted by Gasteiger charge is -2.23. The van der Waals surface area contributed by atoms with Gasteiger partial charge >= 0.3 is 0 Å². The molecule has 0 atom stereocenters. The molecule has 0 aliphatic carbocycles.